The summed E-state index contributed by atoms with van der Waals surface area (Å²) in [5, 5.41) is 0. The van der Waals surface area contributed by atoms with E-state index in [4.69, 9.17) is 8.37 Å². The Labute approximate surface area is 195 Å². The molecule has 5 heteroatoms. The highest BCUT2D eigenvalue weighted by molar-refractivity contribution is 7.81. The maximum atomic E-state index is 11.6. The summed E-state index contributed by atoms with van der Waals surface area (Å²) in [5.41, 5.74) is -0.744. The predicted octanol–water partition coefficient (Wildman–Crippen LogP) is 8.88. The molecule has 0 spiro atoms. The third-order valence-electron chi connectivity index (χ3n) is 5.58. The van der Waals surface area contributed by atoms with E-state index in [1.165, 1.54) is 109 Å². The maximum Gasteiger partial charge on any atom is 0.400 e. The van der Waals surface area contributed by atoms with E-state index in [1.807, 2.05) is 0 Å². The van der Waals surface area contributed by atoms with Crippen molar-refractivity contribution in [1.29, 1.82) is 0 Å². The molecule has 0 N–H and O–H groups in total. The molecule has 0 bridgehead atoms. The van der Waals surface area contributed by atoms with Crippen molar-refractivity contribution in [3.05, 3.63) is 0 Å². The van der Waals surface area contributed by atoms with Gasteiger partial charge in [-0.2, -0.15) is 8.42 Å². The van der Waals surface area contributed by atoms with Crippen LogP contribution in [0, 0.1) is 0 Å². The maximum absolute atomic E-state index is 11.6. The fourth-order valence-electron chi connectivity index (χ4n) is 3.85. The van der Waals surface area contributed by atoms with Crippen LogP contribution in [0.2, 0.25) is 0 Å². The molecule has 0 rings (SSSR count). The van der Waals surface area contributed by atoms with Crippen LogP contribution in [-0.4, -0.2) is 20.6 Å². The smallest absolute Gasteiger partial charge is 0.248 e. The van der Waals surface area contributed by atoms with Crippen LogP contribution in [0.4, 0.5) is 0 Å². The van der Waals surface area contributed by atoms with Crippen molar-refractivity contribution in [2.45, 2.75) is 162 Å². The summed E-state index contributed by atoms with van der Waals surface area (Å²) in [4.78, 5) is 0. The number of rotatable bonds is 23. The number of hydrogen-bond acceptors (Lipinski definition) is 4. The minimum Gasteiger partial charge on any atom is -0.248 e. The minimum atomic E-state index is -3.86. The van der Waals surface area contributed by atoms with Crippen LogP contribution in [0.15, 0.2) is 0 Å². The number of hydrogen-bond donors (Lipinski definition) is 0. The number of unbranched alkanes of at least 4 members (excludes halogenated alkanes) is 19. The van der Waals surface area contributed by atoms with E-state index in [0.29, 0.717) is 0 Å². The highest BCUT2D eigenvalue weighted by Gasteiger charge is 2.22. The Morgan fingerprint density at radius 2 is 0.806 bits per heavy atom. The lowest BCUT2D eigenvalue weighted by Gasteiger charge is -2.18. The molecule has 0 amide bonds. The Hall–Kier alpha value is -0.130. The van der Waals surface area contributed by atoms with E-state index in [1.54, 1.807) is 20.8 Å². The summed E-state index contributed by atoms with van der Waals surface area (Å²) in [7, 11) is -3.86. The molecule has 4 nitrogen and oxygen atoms in total. The van der Waals surface area contributed by atoms with Crippen molar-refractivity contribution in [3.63, 3.8) is 0 Å². The van der Waals surface area contributed by atoms with Gasteiger partial charge in [0.2, 0.25) is 0 Å². The van der Waals surface area contributed by atoms with Gasteiger partial charge in [0.15, 0.2) is 0 Å². The Kier molecular flexibility index (Phi) is 20.4. The Morgan fingerprint density at radius 3 is 1.10 bits per heavy atom. The Balaban J connectivity index is 3.20. The molecule has 0 unspecified atom stereocenters. The van der Waals surface area contributed by atoms with E-state index < -0.39 is 16.0 Å². The Bertz CT molecular complexity index is 468. The van der Waals surface area contributed by atoms with Crippen LogP contribution in [0.5, 0.6) is 0 Å². The first-order chi connectivity index (χ1) is 14.8. The lowest BCUT2D eigenvalue weighted by Crippen LogP contribution is -2.25. The highest BCUT2D eigenvalue weighted by atomic mass is 32.3. The van der Waals surface area contributed by atoms with Crippen LogP contribution in [0.3, 0.4) is 0 Å². The molecular formula is C26H54O4S. The van der Waals surface area contributed by atoms with Gasteiger partial charge in [-0.15, -0.1) is 0 Å². The molecule has 188 valence electrons. The molecule has 0 fully saturated rings. The topological polar surface area (TPSA) is 52.6 Å². The molecule has 0 saturated carbocycles. The molecule has 0 aromatic carbocycles. The standard InChI is InChI=1S/C26H54O4S/c1-5-6-7-8-9-10-11-12-13-14-15-16-17-18-19-20-21-22-23-24-25-29-31(27,28)30-26(2,3)4/h5-25H2,1-4H3. The zero-order valence-corrected chi connectivity index (χ0v) is 22.2. The zero-order chi connectivity index (χ0) is 23.3. The molecule has 0 heterocycles. The van der Waals surface area contributed by atoms with Gasteiger partial charge in [0.1, 0.15) is 0 Å². The lowest BCUT2D eigenvalue weighted by molar-refractivity contribution is 0.103. The van der Waals surface area contributed by atoms with Crippen molar-refractivity contribution in [2.75, 3.05) is 6.61 Å². The van der Waals surface area contributed by atoms with Crippen LogP contribution in [-0.2, 0) is 18.8 Å². The van der Waals surface area contributed by atoms with Gasteiger partial charge in [-0.25, -0.2) is 8.37 Å². The molecule has 0 radical (unpaired) electrons. The molecule has 0 atom stereocenters. The third kappa shape index (κ3) is 26.0. The second-order valence-electron chi connectivity index (χ2n) is 10.1. The molecule has 0 aromatic heterocycles. The van der Waals surface area contributed by atoms with Crippen molar-refractivity contribution >= 4 is 10.4 Å². The first kappa shape index (κ1) is 30.9. The summed E-state index contributed by atoms with van der Waals surface area (Å²) in [5.74, 6) is 0. The van der Waals surface area contributed by atoms with Gasteiger partial charge in [0, 0.05) is 0 Å². The molecule has 0 aliphatic heterocycles. The second-order valence-corrected chi connectivity index (χ2v) is 11.4. The van der Waals surface area contributed by atoms with Crippen molar-refractivity contribution < 1.29 is 16.8 Å². The second kappa shape index (κ2) is 20.5. The van der Waals surface area contributed by atoms with Crippen LogP contribution < -0.4 is 0 Å². The van der Waals surface area contributed by atoms with Crippen molar-refractivity contribution in [2.24, 2.45) is 0 Å². The van der Waals surface area contributed by atoms with Gasteiger partial charge in [-0.1, -0.05) is 129 Å². The van der Waals surface area contributed by atoms with Gasteiger partial charge < -0.3 is 0 Å². The van der Waals surface area contributed by atoms with E-state index in [-0.39, 0.29) is 6.61 Å². The molecule has 0 saturated heterocycles. The zero-order valence-electron chi connectivity index (χ0n) is 21.4. The fourth-order valence-corrected chi connectivity index (χ4v) is 4.83. The van der Waals surface area contributed by atoms with Crippen molar-refractivity contribution in [3.8, 4) is 0 Å². The van der Waals surface area contributed by atoms with Gasteiger partial charge in [-0.3, -0.25) is 0 Å². The van der Waals surface area contributed by atoms with E-state index in [9.17, 15) is 8.42 Å². The van der Waals surface area contributed by atoms with Gasteiger partial charge >= 0.3 is 10.4 Å². The first-order valence-electron chi connectivity index (χ1n) is 13.4. The van der Waals surface area contributed by atoms with Crippen LogP contribution in [0.25, 0.3) is 0 Å². The van der Waals surface area contributed by atoms with Gasteiger partial charge in [0.25, 0.3) is 0 Å². The molecule has 0 aliphatic carbocycles. The summed E-state index contributed by atoms with van der Waals surface area (Å²) >= 11 is 0. The van der Waals surface area contributed by atoms with Crippen LogP contribution in [0.1, 0.15) is 156 Å². The van der Waals surface area contributed by atoms with E-state index in [2.05, 4.69) is 6.92 Å². The quantitative estimate of drug-likeness (QED) is 0.142. The monoisotopic (exact) mass is 462 g/mol. The molecular weight excluding hydrogens is 408 g/mol. The van der Waals surface area contributed by atoms with Gasteiger partial charge in [0.05, 0.1) is 12.2 Å². The molecule has 0 aromatic rings. The average molecular weight is 463 g/mol. The molecule has 0 aliphatic rings. The van der Waals surface area contributed by atoms with E-state index in [0.717, 1.165) is 19.3 Å². The third-order valence-corrected chi connectivity index (χ3v) is 6.74. The predicted molar refractivity (Wildman–Crippen MR) is 134 cm³/mol. The van der Waals surface area contributed by atoms with Gasteiger partial charge in [-0.05, 0) is 27.2 Å². The summed E-state index contributed by atoms with van der Waals surface area (Å²) in [6.45, 7) is 7.60. The highest BCUT2D eigenvalue weighted by Crippen LogP contribution is 2.16. The average Bonchev–Trinajstić information content (AvgIpc) is 2.67. The van der Waals surface area contributed by atoms with Crippen LogP contribution >= 0.6 is 0 Å². The SMILES string of the molecule is CCCCCCCCCCCCCCCCCCCCCCOS(=O)(=O)OC(C)(C)C. The lowest BCUT2D eigenvalue weighted by atomic mass is 10.0. The van der Waals surface area contributed by atoms with E-state index >= 15 is 0 Å². The fraction of sp³-hybridized carbons (Fsp3) is 1.00. The largest absolute Gasteiger partial charge is 0.400 e. The summed E-state index contributed by atoms with van der Waals surface area (Å²) < 4.78 is 33.0. The Morgan fingerprint density at radius 1 is 0.516 bits per heavy atom. The summed E-state index contributed by atoms with van der Waals surface area (Å²) in [6.07, 6.45) is 26.7. The van der Waals surface area contributed by atoms with Crippen molar-refractivity contribution in [1.82, 2.24) is 0 Å². The summed E-state index contributed by atoms with van der Waals surface area (Å²) in [6, 6.07) is 0. The minimum absolute atomic E-state index is 0.220. The first-order valence-corrected chi connectivity index (χ1v) is 14.7. The normalized spacial score (nSPS) is 12.5. The molecule has 31 heavy (non-hydrogen) atoms.